The highest BCUT2D eigenvalue weighted by atomic mass is 16.6. The summed E-state index contributed by atoms with van der Waals surface area (Å²) in [6.45, 7) is 5.00. The second kappa shape index (κ2) is 11.1. The predicted molar refractivity (Wildman–Crippen MR) is 140 cm³/mol. The van der Waals surface area contributed by atoms with Crippen LogP contribution in [0.1, 0.15) is 49.9 Å². The molecular weight excluding hydrogens is 488 g/mol. The molecule has 4 rings (SSSR count). The summed E-state index contributed by atoms with van der Waals surface area (Å²) in [5.41, 5.74) is 2.10. The van der Waals surface area contributed by atoms with Crippen LogP contribution in [0.25, 0.3) is 0 Å². The third kappa shape index (κ3) is 6.33. The molecule has 3 aromatic rings. The molecule has 1 aliphatic heterocycles. The van der Waals surface area contributed by atoms with Crippen LogP contribution in [0.5, 0.6) is 0 Å². The Morgan fingerprint density at radius 2 is 1.71 bits per heavy atom. The van der Waals surface area contributed by atoms with Gasteiger partial charge in [0.15, 0.2) is 0 Å². The maximum atomic E-state index is 12.9. The van der Waals surface area contributed by atoms with Gasteiger partial charge in [-0.3, -0.25) is 9.78 Å². The molecule has 0 spiro atoms. The zero-order valence-electron chi connectivity index (χ0n) is 21.2. The van der Waals surface area contributed by atoms with Gasteiger partial charge in [-0.05, 0) is 56.2 Å². The molecule has 0 fully saturated rings. The van der Waals surface area contributed by atoms with E-state index in [0.29, 0.717) is 33.8 Å². The molecule has 3 amide bonds. The van der Waals surface area contributed by atoms with Crippen LogP contribution in [-0.4, -0.2) is 50.5 Å². The van der Waals surface area contributed by atoms with Crippen molar-refractivity contribution in [1.29, 1.82) is 0 Å². The lowest BCUT2D eigenvalue weighted by Crippen LogP contribution is -2.42. The molecule has 2 atom stereocenters. The second-order valence-electron chi connectivity index (χ2n) is 9.64. The number of anilines is 1. The molecule has 0 saturated carbocycles. The van der Waals surface area contributed by atoms with Crippen molar-refractivity contribution in [2.45, 2.75) is 44.9 Å². The van der Waals surface area contributed by atoms with E-state index in [2.05, 4.69) is 15.5 Å². The quantitative estimate of drug-likeness (QED) is 0.459. The van der Waals surface area contributed by atoms with Gasteiger partial charge in [-0.2, -0.15) is 0 Å². The summed E-state index contributed by atoms with van der Waals surface area (Å²) in [4.78, 5) is 48.0. The maximum Gasteiger partial charge on any atom is 0.420 e. The SMILES string of the molecule is CC(C)(C)OC(=O)N(C(=O)O)C(c1ccccc1)c1ccc(NC(=O)C2CC(c3cccnc3)=NO2)cc1. The van der Waals surface area contributed by atoms with E-state index < -0.39 is 29.9 Å². The zero-order chi connectivity index (χ0) is 27.3. The minimum Gasteiger partial charge on any atom is -0.464 e. The van der Waals surface area contributed by atoms with Gasteiger partial charge in [-0.1, -0.05) is 47.6 Å². The Balaban J connectivity index is 1.52. The highest BCUT2D eigenvalue weighted by Crippen LogP contribution is 2.31. The average Bonchev–Trinajstić information content (AvgIpc) is 3.38. The first-order chi connectivity index (χ1) is 18.1. The summed E-state index contributed by atoms with van der Waals surface area (Å²) in [5.74, 6) is -0.374. The molecule has 10 nitrogen and oxygen atoms in total. The molecule has 2 N–H and O–H groups in total. The lowest BCUT2D eigenvalue weighted by molar-refractivity contribution is -0.125. The lowest BCUT2D eigenvalue weighted by Gasteiger charge is -2.31. The number of amides is 3. The van der Waals surface area contributed by atoms with Crippen molar-refractivity contribution in [3.63, 3.8) is 0 Å². The van der Waals surface area contributed by atoms with Gasteiger partial charge in [-0.15, -0.1) is 0 Å². The number of aromatic nitrogens is 1. The first kappa shape index (κ1) is 26.3. The standard InChI is InChI=1S/C28H28N4O6/c1-28(2,3)37-27(36)32(26(34)35)24(18-8-5-4-6-9-18)19-11-13-21(14-12-19)30-25(33)23-16-22(31-38-23)20-10-7-15-29-17-20/h4-15,17,23-24H,16H2,1-3H3,(H,30,33)(H,34,35). The van der Waals surface area contributed by atoms with Gasteiger partial charge in [0.2, 0.25) is 6.10 Å². The molecule has 0 bridgehead atoms. The van der Waals surface area contributed by atoms with Gasteiger partial charge >= 0.3 is 12.2 Å². The number of imide groups is 1. The van der Waals surface area contributed by atoms with Crippen LogP contribution in [0, 0.1) is 0 Å². The third-order valence-electron chi connectivity index (χ3n) is 5.62. The number of benzene rings is 2. The molecule has 10 heteroatoms. The maximum absolute atomic E-state index is 12.9. The van der Waals surface area contributed by atoms with Crippen molar-refractivity contribution in [1.82, 2.24) is 9.88 Å². The number of oxime groups is 1. The van der Waals surface area contributed by atoms with Gasteiger partial charge in [0.25, 0.3) is 5.91 Å². The Kier molecular flexibility index (Phi) is 7.71. The number of carbonyl (C=O) groups excluding carboxylic acids is 2. The van der Waals surface area contributed by atoms with E-state index in [4.69, 9.17) is 9.57 Å². The number of nitrogens with zero attached hydrogens (tertiary/aromatic N) is 3. The fourth-order valence-electron chi connectivity index (χ4n) is 3.92. The Hall–Kier alpha value is -4.73. The molecular formula is C28H28N4O6. The van der Waals surface area contributed by atoms with Crippen LogP contribution >= 0.6 is 0 Å². The Labute approximate surface area is 219 Å². The summed E-state index contributed by atoms with van der Waals surface area (Å²) < 4.78 is 5.38. The van der Waals surface area contributed by atoms with Crippen molar-refractivity contribution in [3.05, 3.63) is 95.8 Å². The Bertz CT molecular complexity index is 1320. The van der Waals surface area contributed by atoms with E-state index >= 15 is 0 Å². The van der Waals surface area contributed by atoms with Crippen LogP contribution in [0.3, 0.4) is 0 Å². The number of hydrogen-bond acceptors (Lipinski definition) is 7. The lowest BCUT2D eigenvalue weighted by atomic mass is 9.97. The monoisotopic (exact) mass is 516 g/mol. The van der Waals surface area contributed by atoms with Gasteiger partial charge in [0, 0.05) is 30.1 Å². The second-order valence-corrected chi connectivity index (χ2v) is 9.64. The van der Waals surface area contributed by atoms with Crippen LogP contribution in [0.2, 0.25) is 0 Å². The van der Waals surface area contributed by atoms with Crippen molar-refractivity contribution >= 4 is 29.5 Å². The van der Waals surface area contributed by atoms with E-state index in [1.807, 2.05) is 6.07 Å². The van der Waals surface area contributed by atoms with Crippen molar-refractivity contribution in [2.24, 2.45) is 5.16 Å². The molecule has 2 heterocycles. The molecule has 0 radical (unpaired) electrons. The van der Waals surface area contributed by atoms with E-state index in [9.17, 15) is 19.5 Å². The van der Waals surface area contributed by atoms with Crippen LogP contribution in [-0.2, 0) is 14.4 Å². The number of nitrogens with one attached hydrogen (secondary N) is 1. The molecule has 2 unspecified atom stereocenters. The molecule has 38 heavy (non-hydrogen) atoms. The summed E-state index contributed by atoms with van der Waals surface area (Å²) in [6.07, 6.45) is 0.375. The van der Waals surface area contributed by atoms with Crippen LogP contribution < -0.4 is 5.32 Å². The number of pyridine rings is 1. The van der Waals surface area contributed by atoms with E-state index in [1.165, 1.54) is 0 Å². The molecule has 0 saturated heterocycles. The van der Waals surface area contributed by atoms with Crippen LogP contribution in [0.4, 0.5) is 15.3 Å². The van der Waals surface area contributed by atoms with Gasteiger partial charge in [-0.25, -0.2) is 14.5 Å². The molecule has 0 aliphatic carbocycles. The highest BCUT2D eigenvalue weighted by molar-refractivity contribution is 6.05. The van der Waals surface area contributed by atoms with Crippen LogP contribution in [0.15, 0.2) is 84.3 Å². The first-order valence-electron chi connectivity index (χ1n) is 12.0. The predicted octanol–water partition coefficient (Wildman–Crippen LogP) is 5.22. The molecule has 196 valence electrons. The van der Waals surface area contributed by atoms with E-state index in [0.717, 1.165) is 5.56 Å². The van der Waals surface area contributed by atoms with Gasteiger partial charge in [0.1, 0.15) is 5.60 Å². The topological polar surface area (TPSA) is 130 Å². The fourth-order valence-corrected chi connectivity index (χ4v) is 3.92. The van der Waals surface area contributed by atoms with E-state index in [1.54, 1.807) is 93.8 Å². The summed E-state index contributed by atoms with van der Waals surface area (Å²) >= 11 is 0. The third-order valence-corrected chi connectivity index (χ3v) is 5.62. The highest BCUT2D eigenvalue weighted by Gasteiger charge is 2.36. The van der Waals surface area contributed by atoms with Gasteiger partial charge in [0.05, 0.1) is 11.8 Å². The summed E-state index contributed by atoms with van der Waals surface area (Å²) in [6, 6.07) is 18.0. The Morgan fingerprint density at radius 1 is 1.03 bits per heavy atom. The van der Waals surface area contributed by atoms with Crippen molar-refractivity contribution in [3.8, 4) is 0 Å². The normalized spacial score (nSPS) is 15.6. The number of carbonyl (C=O) groups is 3. The van der Waals surface area contributed by atoms with Gasteiger partial charge < -0.3 is 20.0 Å². The molecule has 1 aliphatic rings. The van der Waals surface area contributed by atoms with Crippen molar-refractivity contribution < 1.29 is 29.1 Å². The number of hydrogen-bond donors (Lipinski definition) is 2. The summed E-state index contributed by atoms with van der Waals surface area (Å²) in [5, 5.41) is 16.8. The molecule has 2 aromatic carbocycles. The summed E-state index contributed by atoms with van der Waals surface area (Å²) in [7, 11) is 0. The smallest absolute Gasteiger partial charge is 0.420 e. The molecule has 1 aromatic heterocycles. The first-order valence-corrected chi connectivity index (χ1v) is 12.0. The largest absolute Gasteiger partial charge is 0.464 e. The number of rotatable bonds is 6. The number of carboxylic acid groups (broad SMARTS) is 1. The minimum atomic E-state index is -1.45. The average molecular weight is 517 g/mol. The number of ether oxygens (including phenoxy) is 1. The Morgan fingerprint density at radius 3 is 2.32 bits per heavy atom. The zero-order valence-corrected chi connectivity index (χ0v) is 21.2. The van der Waals surface area contributed by atoms with E-state index in [-0.39, 0.29) is 5.91 Å². The minimum absolute atomic E-state index is 0.301. The van der Waals surface area contributed by atoms with Crippen molar-refractivity contribution in [2.75, 3.05) is 5.32 Å². The fraction of sp³-hybridized carbons (Fsp3) is 0.250.